The van der Waals surface area contributed by atoms with Gasteiger partial charge in [0, 0.05) is 16.5 Å². The largest absolute Gasteiger partial charge is 0.298 e. The molecule has 4 heteroatoms. The molecule has 0 spiro atoms. The molecular weight excluding hydrogens is 224 g/mol. The molecule has 1 saturated heterocycles. The van der Waals surface area contributed by atoms with Crippen LogP contribution in [0, 0.1) is 5.92 Å². The average molecular weight is 233 g/mol. The average Bonchev–Trinajstić information content (AvgIpc) is 2.65. The second-order valence-electron chi connectivity index (χ2n) is 3.07. The van der Waals surface area contributed by atoms with Crippen LogP contribution in [0.3, 0.4) is 0 Å². The minimum absolute atomic E-state index is 0.209. The Morgan fingerprint density at radius 1 is 1.62 bits per heavy atom. The van der Waals surface area contributed by atoms with Crippen LogP contribution in [-0.4, -0.2) is 17.3 Å². The first-order chi connectivity index (χ1) is 6.27. The van der Waals surface area contributed by atoms with Crippen molar-refractivity contribution in [2.24, 2.45) is 5.92 Å². The van der Waals surface area contributed by atoms with Crippen LogP contribution in [-0.2, 0) is 11.2 Å². The van der Waals surface area contributed by atoms with Crippen LogP contribution < -0.4 is 0 Å². The summed E-state index contributed by atoms with van der Waals surface area (Å²) < 4.78 is 0. The number of thioether (sulfide) groups is 1. The maximum absolute atomic E-state index is 11.4. The van der Waals surface area contributed by atoms with Crippen molar-refractivity contribution in [3.05, 3.63) is 21.3 Å². The van der Waals surface area contributed by atoms with Crippen molar-refractivity contribution in [1.82, 2.24) is 0 Å². The number of halogens is 1. The first-order valence-electron chi connectivity index (χ1n) is 4.09. The number of hydrogen-bond donors (Lipinski definition) is 0. The maximum Gasteiger partial charge on any atom is 0.146 e. The quantitative estimate of drug-likeness (QED) is 0.780. The molecule has 0 amide bonds. The van der Waals surface area contributed by atoms with E-state index in [1.807, 2.05) is 11.4 Å². The zero-order valence-corrected chi connectivity index (χ0v) is 9.35. The summed E-state index contributed by atoms with van der Waals surface area (Å²) in [7, 11) is 0. The molecule has 0 aromatic carbocycles. The van der Waals surface area contributed by atoms with Crippen molar-refractivity contribution in [2.75, 3.05) is 11.5 Å². The highest BCUT2D eigenvalue weighted by Gasteiger charge is 2.25. The Balaban J connectivity index is 2.06. The highest BCUT2D eigenvalue weighted by Crippen LogP contribution is 2.29. The molecule has 1 nitrogen and oxygen atoms in total. The zero-order valence-electron chi connectivity index (χ0n) is 6.96. The van der Waals surface area contributed by atoms with Gasteiger partial charge in [-0.15, -0.1) is 11.3 Å². The smallest absolute Gasteiger partial charge is 0.146 e. The Morgan fingerprint density at radius 3 is 3.00 bits per heavy atom. The third-order valence-corrected chi connectivity index (χ3v) is 4.68. The highest BCUT2D eigenvalue weighted by atomic mass is 35.5. The minimum atomic E-state index is 0.209. The van der Waals surface area contributed by atoms with E-state index >= 15 is 0 Å². The number of ketones is 1. The van der Waals surface area contributed by atoms with Gasteiger partial charge in [0.2, 0.25) is 0 Å². The Labute approximate surface area is 90.5 Å². The fourth-order valence-electron chi connectivity index (χ4n) is 1.38. The van der Waals surface area contributed by atoms with E-state index in [0.29, 0.717) is 11.5 Å². The van der Waals surface area contributed by atoms with E-state index in [0.717, 1.165) is 22.1 Å². The van der Waals surface area contributed by atoms with E-state index in [9.17, 15) is 4.79 Å². The Kier molecular flexibility index (Phi) is 2.96. The minimum Gasteiger partial charge on any atom is -0.298 e. The van der Waals surface area contributed by atoms with Gasteiger partial charge in [0.15, 0.2) is 0 Å². The first kappa shape index (κ1) is 9.56. The molecule has 1 aromatic rings. The summed E-state index contributed by atoms with van der Waals surface area (Å²) in [4.78, 5) is 12.5. The molecule has 1 atom stereocenters. The normalized spacial score (nSPS) is 22.5. The monoisotopic (exact) mass is 232 g/mol. The summed E-state index contributed by atoms with van der Waals surface area (Å²) >= 11 is 9.33. The van der Waals surface area contributed by atoms with Gasteiger partial charge in [-0.2, -0.15) is 11.8 Å². The lowest BCUT2D eigenvalue weighted by molar-refractivity contribution is -0.119. The molecule has 2 heterocycles. The molecule has 1 aliphatic heterocycles. The van der Waals surface area contributed by atoms with Crippen LogP contribution in [0.5, 0.6) is 0 Å². The summed E-state index contributed by atoms with van der Waals surface area (Å²) in [6.07, 6.45) is 0.836. The van der Waals surface area contributed by atoms with Gasteiger partial charge < -0.3 is 0 Å². The zero-order chi connectivity index (χ0) is 9.26. The molecule has 0 bridgehead atoms. The standard InChI is InChI=1S/C9H9ClOS2/c10-7-1-2-13-9(7)3-6-4-12-5-8(6)11/h1-2,6H,3-5H2. The molecule has 13 heavy (non-hydrogen) atoms. The van der Waals surface area contributed by atoms with Gasteiger partial charge >= 0.3 is 0 Å². The second-order valence-corrected chi connectivity index (χ2v) is 5.51. The van der Waals surface area contributed by atoms with E-state index in [1.165, 1.54) is 0 Å². The number of Topliss-reactive ketones (excluding diaryl/α,β-unsaturated/α-hetero) is 1. The Morgan fingerprint density at radius 2 is 2.46 bits per heavy atom. The summed E-state index contributed by atoms with van der Waals surface area (Å²) in [5.74, 6) is 2.25. The van der Waals surface area contributed by atoms with Gasteiger partial charge in [-0.25, -0.2) is 0 Å². The second kappa shape index (κ2) is 4.03. The van der Waals surface area contributed by atoms with E-state index in [1.54, 1.807) is 23.1 Å². The summed E-state index contributed by atoms with van der Waals surface area (Å²) in [6.45, 7) is 0. The van der Waals surface area contributed by atoms with Gasteiger partial charge in [-0.1, -0.05) is 11.6 Å². The maximum atomic E-state index is 11.4. The molecule has 1 unspecified atom stereocenters. The van der Waals surface area contributed by atoms with Crippen molar-refractivity contribution in [1.29, 1.82) is 0 Å². The van der Waals surface area contributed by atoms with Crippen molar-refractivity contribution in [2.45, 2.75) is 6.42 Å². The fourth-order valence-corrected chi connectivity index (χ4v) is 3.72. The molecule has 1 aromatic heterocycles. The molecule has 0 aliphatic carbocycles. The number of hydrogen-bond acceptors (Lipinski definition) is 3. The molecule has 70 valence electrons. The first-order valence-corrected chi connectivity index (χ1v) is 6.51. The summed E-state index contributed by atoms with van der Waals surface area (Å²) in [6, 6.07) is 1.90. The van der Waals surface area contributed by atoms with E-state index < -0.39 is 0 Å². The van der Waals surface area contributed by atoms with Crippen LogP contribution in [0.4, 0.5) is 0 Å². The molecule has 1 aliphatic rings. The molecule has 0 N–H and O–H groups in total. The summed E-state index contributed by atoms with van der Waals surface area (Å²) in [5.41, 5.74) is 0. The van der Waals surface area contributed by atoms with Crippen LogP contribution in [0.25, 0.3) is 0 Å². The predicted octanol–water partition coefficient (Wildman–Crippen LogP) is 2.88. The van der Waals surface area contributed by atoms with Crippen molar-refractivity contribution in [3.8, 4) is 0 Å². The molecule has 1 fully saturated rings. The van der Waals surface area contributed by atoms with E-state index in [2.05, 4.69) is 0 Å². The number of carbonyl (C=O) groups is 1. The third-order valence-electron chi connectivity index (χ3n) is 2.14. The van der Waals surface area contributed by atoms with Gasteiger partial charge in [0.25, 0.3) is 0 Å². The number of thiophene rings is 1. The summed E-state index contributed by atoms with van der Waals surface area (Å²) in [5, 5.41) is 2.79. The fraction of sp³-hybridized carbons (Fsp3) is 0.444. The third kappa shape index (κ3) is 2.09. The van der Waals surface area contributed by atoms with Gasteiger partial charge in [-0.05, 0) is 17.9 Å². The molecular formula is C9H9ClOS2. The van der Waals surface area contributed by atoms with Gasteiger partial charge in [0.05, 0.1) is 10.8 Å². The van der Waals surface area contributed by atoms with Crippen LogP contribution in [0.1, 0.15) is 4.88 Å². The Bertz CT molecular complexity index is 321. The SMILES string of the molecule is O=C1CSCC1Cc1sccc1Cl. The lowest BCUT2D eigenvalue weighted by atomic mass is 10.0. The molecule has 2 rings (SSSR count). The van der Waals surface area contributed by atoms with Crippen molar-refractivity contribution < 1.29 is 4.79 Å². The predicted molar refractivity (Wildman–Crippen MR) is 58.9 cm³/mol. The van der Waals surface area contributed by atoms with Crippen LogP contribution in [0.15, 0.2) is 11.4 Å². The lowest BCUT2D eigenvalue weighted by Gasteiger charge is -2.04. The topological polar surface area (TPSA) is 17.1 Å². The van der Waals surface area contributed by atoms with Crippen molar-refractivity contribution in [3.63, 3.8) is 0 Å². The molecule has 0 saturated carbocycles. The highest BCUT2D eigenvalue weighted by molar-refractivity contribution is 8.00. The Hall–Kier alpha value is 0.01000. The lowest BCUT2D eigenvalue weighted by Crippen LogP contribution is -2.13. The van der Waals surface area contributed by atoms with Crippen molar-refractivity contribution >= 4 is 40.5 Å². The van der Waals surface area contributed by atoms with Crippen LogP contribution in [0.2, 0.25) is 5.02 Å². The van der Waals surface area contributed by atoms with Gasteiger partial charge in [-0.3, -0.25) is 4.79 Å². The number of rotatable bonds is 2. The van der Waals surface area contributed by atoms with Gasteiger partial charge in [0.1, 0.15) is 5.78 Å². The van der Waals surface area contributed by atoms with E-state index in [4.69, 9.17) is 11.6 Å². The van der Waals surface area contributed by atoms with Crippen LogP contribution >= 0.6 is 34.7 Å². The van der Waals surface area contributed by atoms with E-state index in [-0.39, 0.29) is 5.92 Å². The number of carbonyl (C=O) groups excluding carboxylic acids is 1. The molecule has 0 radical (unpaired) electrons.